The van der Waals surface area contributed by atoms with Crippen molar-refractivity contribution in [2.45, 2.75) is 0 Å². The van der Waals surface area contributed by atoms with E-state index in [1.165, 1.54) is 0 Å². The summed E-state index contributed by atoms with van der Waals surface area (Å²) >= 11 is 0. The summed E-state index contributed by atoms with van der Waals surface area (Å²) in [4.78, 5) is -0.356. The van der Waals surface area contributed by atoms with Gasteiger partial charge in [-0.1, -0.05) is 13.2 Å². The van der Waals surface area contributed by atoms with Crippen molar-refractivity contribution in [1.82, 2.24) is 0 Å². The molecule has 0 unspecified atom stereocenters. The van der Waals surface area contributed by atoms with E-state index in [9.17, 15) is 8.42 Å². The summed E-state index contributed by atoms with van der Waals surface area (Å²) in [5, 5.41) is 0. The van der Waals surface area contributed by atoms with Crippen LogP contribution in [0.15, 0.2) is 35.9 Å². The van der Waals surface area contributed by atoms with Gasteiger partial charge in [-0.25, -0.2) is 0 Å². The van der Waals surface area contributed by atoms with Gasteiger partial charge in [-0.3, -0.25) is 4.55 Å². The van der Waals surface area contributed by atoms with Gasteiger partial charge in [-0.2, -0.15) is 8.42 Å². The fourth-order valence-corrected chi connectivity index (χ4v) is 0.932. The van der Waals surface area contributed by atoms with Crippen LogP contribution in [0.2, 0.25) is 0 Å². The average Bonchev–Trinajstić information content (AvgIpc) is 1.79. The second-order valence-electron chi connectivity index (χ2n) is 1.80. The second kappa shape index (κ2) is 3.36. The molecule has 0 aromatic carbocycles. The highest BCUT2D eigenvalue weighted by Gasteiger charge is 2.08. The van der Waals surface area contributed by atoms with Crippen LogP contribution in [0.1, 0.15) is 0 Å². The summed E-state index contributed by atoms with van der Waals surface area (Å²) < 4.78 is 29.3. The highest BCUT2D eigenvalue weighted by Crippen LogP contribution is 2.05. The molecule has 0 heterocycles. The lowest BCUT2D eigenvalue weighted by molar-refractivity contribution is 0.492. The summed E-state index contributed by atoms with van der Waals surface area (Å²) in [5.74, 6) is 0. The van der Waals surface area contributed by atoms with Crippen LogP contribution in [-0.4, -0.2) is 13.0 Å². The average molecular weight is 175 g/mol. The van der Waals surface area contributed by atoms with Gasteiger partial charge in [0.15, 0.2) is 0 Å². The zero-order chi connectivity index (χ0) is 9.07. The van der Waals surface area contributed by atoms with Crippen molar-refractivity contribution in [3.8, 4) is 0 Å². The fourth-order valence-electron chi connectivity index (χ4n) is 0.421. The zero-order valence-electron chi connectivity index (χ0n) is 5.82. The quantitative estimate of drug-likeness (QED) is 0.481. The molecule has 0 radical (unpaired) electrons. The van der Waals surface area contributed by atoms with Crippen LogP contribution < -0.4 is 5.73 Å². The SMILES string of the molecule is C=C/C(=C\C(=C)N)S(=O)(=O)O. The first-order valence-electron chi connectivity index (χ1n) is 2.64. The standard InChI is InChI=1S/C6H9NO3S/c1-3-6(4-5(2)7)11(8,9)10/h3-4H,1-2,7H2,(H,8,9,10)/b6-4+. The Morgan fingerprint density at radius 2 is 2.00 bits per heavy atom. The van der Waals surface area contributed by atoms with Crippen LogP contribution in [0, 0.1) is 0 Å². The second-order valence-corrected chi connectivity index (χ2v) is 3.22. The van der Waals surface area contributed by atoms with Crippen LogP contribution in [-0.2, 0) is 10.1 Å². The molecule has 0 aromatic heterocycles. The molecule has 0 fully saturated rings. The van der Waals surface area contributed by atoms with E-state index in [4.69, 9.17) is 10.3 Å². The smallest absolute Gasteiger partial charge is 0.294 e. The van der Waals surface area contributed by atoms with E-state index >= 15 is 0 Å². The fraction of sp³-hybridized carbons (Fsp3) is 0. The van der Waals surface area contributed by atoms with Crippen molar-refractivity contribution in [2.24, 2.45) is 5.73 Å². The van der Waals surface area contributed by atoms with Crippen molar-refractivity contribution in [2.75, 3.05) is 0 Å². The monoisotopic (exact) mass is 175 g/mol. The Labute approximate surface area is 65.5 Å². The molecule has 0 aliphatic carbocycles. The summed E-state index contributed by atoms with van der Waals surface area (Å²) in [6.45, 7) is 6.41. The molecule has 62 valence electrons. The summed E-state index contributed by atoms with van der Waals surface area (Å²) in [6, 6.07) is 0. The van der Waals surface area contributed by atoms with E-state index in [2.05, 4.69) is 13.2 Å². The Morgan fingerprint density at radius 3 is 2.09 bits per heavy atom. The molecule has 4 nitrogen and oxygen atoms in total. The largest absolute Gasteiger partial charge is 0.399 e. The Bertz CT molecular complexity index is 300. The molecule has 3 N–H and O–H groups in total. The highest BCUT2D eigenvalue weighted by molar-refractivity contribution is 7.90. The summed E-state index contributed by atoms with van der Waals surface area (Å²) in [5.41, 5.74) is 5.11. The van der Waals surface area contributed by atoms with Gasteiger partial charge < -0.3 is 5.73 Å². The van der Waals surface area contributed by atoms with E-state index in [1.54, 1.807) is 0 Å². The Morgan fingerprint density at radius 1 is 1.55 bits per heavy atom. The number of nitrogens with two attached hydrogens (primary N) is 1. The Hall–Kier alpha value is -1.07. The van der Waals surface area contributed by atoms with Gasteiger partial charge in [-0.05, 0) is 12.2 Å². The van der Waals surface area contributed by atoms with Gasteiger partial charge in [0.1, 0.15) is 0 Å². The number of hydrogen-bond acceptors (Lipinski definition) is 3. The van der Waals surface area contributed by atoms with Crippen LogP contribution in [0.25, 0.3) is 0 Å². The van der Waals surface area contributed by atoms with Gasteiger partial charge in [0.05, 0.1) is 4.91 Å². The molecule has 0 bridgehead atoms. The molecule has 0 aromatic rings. The Balaban J connectivity index is 5.00. The third kappa shape index (κ3) is 3.59. The molecular formula is C6H9NO3S. The normalized spacial score (nSPS) is 12.6. The van der Waals surface area contributed by atoms with Gasteiger partial charge in [0.2, 0.25) is 0 Å². The molecule has 5 heteroatoms. The topological polar surface area (TPSA) is 80.4 Å². The summed E-state index contributed by atoms with van der Waals surface area (Å²) in [6.07, 6.45) is 2.00. The molecule has 11 heavy (non-hydrogen) atoms. The lowest BCUT2D eigenvalue weighted by atomic mass is 10.4. The molecule has 0 aliphatic rings. The molecule has 0 amide bonds. The molecule has 0 atom stereocenters. The van der Waals surface area contributed by atoms with Crippen molar-refractivity contribution in [1.29, 1.82) is 0 Å². The first kappa shape index (κ1) is 9.93. The predicted molar refractivity (Wildman–Crippen MR) is 43.2 cm³/mol. The molecule has 0 aliphatic heterocycles. The minimum absolute atomic E-state index is 0.0394. The van der Waals surface area contributed by atoms with Crippen molar-refractivity contribution < 1.29 is 13.0 Å². The van der Waals surface area contributed by atoms with Crippen LogP contribution in [0.3, 0.4) is 0 Å². The van der Waals surface area contributed by atoms with Gasteiger partial charge in [-0.15, -0.1) is 0 Å². The van der Waals surface area contributed by atoms with Crippen LogP contribution in [0.5, 0.6) is 0 Å². The summed E-state index contributed by atoms with van der Waals surface area (Å²) in [7, 11) is -4.21. The van der Waals surface area contributed by atoms with E-state index in [0.717, 1.165) is 12.2 Å². The molecule has 0 saturated heterocycles. The van der Waals surface area contributed by atoms with E-state index in [-0.39, 0.29) is 10.6 Å². The zero-order valence-corrected chi connectivity index (χ0v) is 6.63. The Kier molecular flexibility index (Phi) is 3.03. The molecule has 0 saturated carbocycles. The van der Waals surface area contributed by atoms with Crippen LogP contribution in [0.4, 0.5) is 0 Å². The van der Waals surface area contributed by atoms with E-state index < -0.39 is 10.1 Å². The lowest BCUT2D eigenvalue weighted by Gasteiger charge is -1.95. The van der Waals surface area contributed by atoms with Crippen molar-refractivity contribution >= 4 is 10.1 Å². The number of rotatable bonds is 3. The van der Waals surface area contributed by atoms with E-state index in [1.807, 2.05) is 0 Å². The number of hydrogen-bond donors (Lipinski definition) is 2. The van der Waals surface area contributed by atoms with E-state index in [0.29, 0.717) is 0 Å². The molecule has 0 rings (SSSR count). The molecular weight excluding hydrogens is 166 g/mol. The molecule has 0 spiro atoms. The first-order chi connectivity index (χ1) is 4.88. The van der Waals surface area contributed by atoms with Crippen LogP contribution >= 0.6 is 0 Å². The van der Waals surface area contributed by atoms with Gasteiger partial charge >= 0.3 is 0 Å². The predicted octanol–water partition coefficient (Wildman–Crippen LogP) is 0.417. The maximum atomic E-state index is 10.4. The minimum atomic E-state index is -4.21. The van der Waals surface area contributed by atoms with Crippen molar-refractivity contribution in [3.05, 3.63) is 35.9 Å². The minimum Gasteiger partial charge on any atom is -0.399 e. The third-order valence-corrected chi connectivity index (χ3v) is 1.71. The lowest BCUT2D eigenvalue weighted by Crippen LogP contribution is -2.01. The number of allylic oxidation sites excluding steroid dienone is 2. The maximum absolute atomic E-state index is 10.4. The highest BCUT2D eigenvalue weighted by atomic mass is 32.2. The van der Waals surface area contributed by atoms with Gasteiger partial charge in [0, 0.05) is 5.70 Å². The first-order valence-corrected chi connectivity index (χ1v) is 4.08. The van der Waals surface area contributed by atoms with Gasteiger partial charge in [0.25, 0.3) is 10.1 Å². The third-order valence-electron chi connectivity index (χ3n) is 0.827. The maximum Gasteiger partial charge on any atom is 0.294 e. The van der Waals surface area contributed by atoms with Crippen molar-refractivity contribution in [3.63, 3.8) is 0 Å².